The van der Waals surface area contributed by atoms with Crippen molar-refractivity contribution >= 4 is 5.91 Å². The highest BCUT2D eigenvalue weighted by molar-refractivity contribution is 5.79. The summed E-state index contributed by atoms with van der Waals surface area (Å²) < 4.78 is 0. The molecule has 0 aromatic heterocycles. The number of hydrogen-bond acceptors (Lipinski definition) is 4. The molecule has 7 saturated carbocycles. The van der Waals surface area contributed by atoms with Gasteiger partial charge in [-0.15, -0.1) is 0 Å². The van der Waals surface area contributed by atoms with Gasteiger partial charge in [-0.05, 0) is 151 Å². The predicted molar refractivity (Wildman–Crippen MR) is 196 cm³/mol. The standard InChI is InChI=1S/C43H73N3O2/c47-41-28-38-31(21-26-37-36-13-7-8-14-40(36)45-42(37)38)27-39(41)43(48)44-32-22-17-29(18-23-32)15-16-30-19-24-35(25-20-30)46(33-9-3-1-4-10-33)34-11-5-2-6-12-34/h29-42,45,47H,1-28H2,(H,44,48). The number of rotatable bonds is 8. The zero-order chi connectivity index (χ0) is 32.5. The smallest absolute Gasteiger partial charge is 0.225 e. The second-order valence-corrected chi connectivity index (χ2v) is 19.1. The molecule has 0 radical (unpaired) electrons. The number of nitrogens with zero attached hydrogens (tertiary/aromatic N) is 1. The molecular weight excluding hydrogens is 590 g/mol. The first-order valence-corrected chi connectivity index (χ1v) is 22.1. The minimum atomic E-state index is -0.460. The zero-order valence-corrected chi connectivity index (χ0v) is 30.7. The summed E-state index contributed by atoms with van der Waals surface area (Å²) in [6.07, 6.45) is 37.8. The minimum absolute atomic E-state index is 0.173. The van der Waals surface area contributed by atoms with Crippen LogP contribution < -0.4 is 10.6 Å². The van der Waals surface area contributed by atoms with Crippen molar-refractivity contribution in [3.05, 3.63) is 0 Å². The summed E-state index contributed by atoms with van der Waals surface area (Å²) in [5.74, 6) is 4.68. The molecule has 272 valence electrons. The first-order chi connectivity index (χ1) is 23.6. The van der Waals surface area contributed by atoms with Crippen LogP contribution in [0, 0.1) is 41.4 Å². The van der Waals surface area contributed by atoms with Gasteiger partial charge in [0.2, 0.25) is 5.91 Å². The van der Waals surface area contributed by atoms with Gasteiger partial charge in [-0.3, -0.25) is 9.69 Å². The molecule has 7 aliphatic carbocycles. The Hall–Kier alpha value is -0.650. The maximum absolute atomic E-state index is 13.6. The van der Waals surface area contributed by atoms with Crippen LogP contribution in [0.25, 0.3) is 0 Å². The number of fused-ring (bicyclic) bond motifs is 5. The highest BCUT2D eigenvalue weighted by Crippen LogP contribution is 2.52. The van der Waals surface area contributed by atoms with E-state index >= 15 is 0 Å². The second-order valence-electron chi connectivity index (χ2n) is 19.1. The lowest BCUT2D eigenvalue weighted by Gasteiger charge is -2.48. The number of hydrogen-bond donors (Lipinski definition) is 3. The molecule has 8 unspecified atom stereocenters. The Balaban J connectivity index is 0.751. The number of aliphatic hydroxyl groups excluding tert-OH is 1. The first-order valence-electron chi connectivity index (χ1n) is 22.1. The Morgan fingerprint density at radius 2 is 1.17 bits per heavy atom. The molecular formula is C43H73N3O2. The van der Waals surface area contributed by atoms with Crippen molar-refractivity contribution in [1.29, 1.82) is 0 Å². The van der Waals surface area contributed by atoms with E-state index in [-0.39, 0.29) is 11.8 Å². The molecule has 1 saturated heterocycles. The number of carbonyl (C=O) groups is 1. The Kier molecular flexibility index (Phi) is 11.4. The third kappa shape index (κ3) is 7.60. The fraction of sp³-hybridized carbons (Fsp3) is 0.977. The first kappa shape index (κ1) is 34.4. The molecule has 0 bridgehead atoms. The summed E-state index contributed by atoms with van der Waals surface area (Å²) in [4.78, 5) is 16.7. The topological polar surface area (TPSA) is 64.6 Å². The Morgan fingerprint density at radius 1 is 0.583 bits per heavy atom. The lowest BCUT2D eigenvalue weighted by Crippen LogP contribution is -2.53. The average Bonchev–Trinajstić information content (AvgIpc) is 3.52. The van der Waals surface area contributed by atoms with Gasteiger partial charge in [0.1, 0.15) is 0 Å². The van der Waals surface area contributed by atoms with Crippen LogP contribution in [0.3, 0.4) is 0 Å². The van der Waals surface area contributed by atoms with E-state index in [0.29, 0.717) is 23.9 Å². The van der Waals surface area contributed by atoms with Gasteiger partial charge < -0.3 is 15.7 Å². The Labute approximate surface area is 294 Å². The van der Waals surface area contributed by atoms with Crippen LogP contribution in [-0.2, 0) is 4.79 Å². The molecule has 5 nitrogen and oxygen atoms in total. The summed E-state index contributed by atoms with van der Waals surface area (Å²) in [5, 5.41) is 18.9. The van der Waals surface area contributed by atoms with Crippen LogP contribution in [0.2, 0.25) is 0 Å². The molecule has 3 N–H and O–H groups in total. The number of amides is 1. The van der Waals surface area contributed by atoms with Gasteiger partial charge in [0, 0.05) is 36.3 Å². The highest BCUT2D eigenvalue weighted by atomic mass is 16.3. The molecule has 0 aromatic carbocycles. The van der Waals surface area contributed by atoms with E-state index < -0.39 is 6.10 Å². The fourth-order valence-electron chi connectivity index (χ4n) is 13.9. The molecule has 8 aliphatic rings. The molecule has 5 heteroatoms. The average molecular weight is 664 g/mol. The van der Waals surface area contributed by atoms with Gasteiger partial charge in [0.15, 0.2) is 0 Å². The van der Waals surface area contributed by atoms with Crippen LogP contribution in [0.1, 0.15) is 180 Å². The van der Waals surface area contributed by atoms with Crippen LogP contribution in [0.15, 0.2) is 0 Å². The van der Waals surface area contributed by atoms with Crippen molar-refractivity contribution in [1.82, 2.24) is 15.5 Å². The summed E-state index contributed by atoms with van der Waals surface area (Å²) in [5.41, 5.74) is 0. The highest BCUT2D eigenvalue weighted by Gasteiger charge is 2.53. The zero-order valence-electron chi connectivity index (χ0n) is 30.7. The molecule has 1 aliphatic heterocycles. The van der Waals surface area contributed by atoms with E-state index in [4.69, 9.17) is 0 Å². The van der Waals surface area contributed by atoms with Gasteiger partial charge in [-0.25, -0.2) is 0 Å². The van der Waals surface area contributed by atoms with Crippen molar-refractivity contribution in [3.8, 4) is 0 Å². The molecule has 8 fully saturated rings. The van der Waals surface area contributed by atoms with Crippen LogP contribution in [-0.4, -0.2) is 58.3 Å². The maximum Gasteiger partial charge on any atom is 0.225 e. The van der Waals surface area contributed by atoms with Gasteiger partial charge >= 0.3 is 0 Å². The predicted octanol–water partition coefficient (Wildman–Crippen LogP) is 8.91. The fourth-order valence-corrected chi connectivity index (χ4v) is 13.9. The SMILES string of the molecule is O=C(NC1CCC(CCC2CCC(N(C3CCCCC3)C3CCCCC3)CC2)CC1)C1CC2CCC3C4CCCCC4NC3C2CC1O. The van der Waals surface area contributed by atoms with Gasteiger partial charge in [-0.2, -0.15) is 0 Å². The largest absolute Gasteiger partial charge is 0.392 e. The van der Waals surface area contributed by atoms with Crippen LogP contribution in [0.4, 0.5) is 0 Å². The monoisotopic (exact) mass is 664 g/mol. The summed E-state index contributed by atoms with van der Waals surface area (Å²) in [6, 6.07) is 4.31. The Morgan fingerprint density at radius 3 is 1.83 bits per heavy atom. The molecule has 1 amide bonds. The van der Waals surface area contributed by atoms with Crippen molar-refractivity contribution in [3.63, 3.8) is 0 Å². The van der Waals surface area contributed by atoms with Crippen molar-refractivity contribution in [2.75, 3.05) is 0 Å². The van der Waals surface area contributed by atoms with Crippen LogP contribution in [0.5, 0.6) is 0 Å². The van der Waals surface area contributed by atoms with Crippen molar-refractivity contribution in [2.45, 2.75) is 222 Å². The quantitative estimate of drug-likeness (QED) is 0.243. The third-order valence-corrected chi connectivity index (χ3v) is 16.5. The summed E-state index contributed by atoms with van der Waals surface area (Å²) in [7, 11) is 0. The molecule has 0 spiro atoms. The summed E-state index contributed by atoms with van der Waals surface area (Å²) >= 11 is 0. The molecule has 8 atom stereocenters. The van der Waals surface area contributed by atoms with E-state index in [2.05, 4.69) is 15.5 Å². The minimum Gasteiger partial charge on any atom is -0.392 e. The van der Waals surface area contributed by atoms with E-state index in [1.165, 1.54) is 154 Å². The van der Waals surface area contributed by atoms with E-state index in [1.54, 1.807) is 0 Å². The van der Waals surface area contributed by atoms with Gasteiger partial charge in [0.25, 0.3) is 0 Å². The van der Waals surface area contributed by atoms with Crippen molar-refractivity contribution < 1.29 is 9.90 Å². The molecule has 1 heterocycles. The molecule has 8 rings (SSSR count). The summed E-state index contributed by atoms with van der Waals surface area (Å²) in [6.45, 7) is 0. The maximum atomic E-state index is 13.6. The lowest BCUT2D eigenvalue weighted by molar-refractivity contribution is -0.134. The van der Waals surface area contributed by atoms with E-state index in [9.17, 15) is 9.90 Å². The van der Waals surface area contributed by atoms with Crippen LogP contribution >= 0.6 is 0 Å². The number of carbonyl (C=O) groups excluding carboxylic acids is 1. The molecule has 48 heavy (non-hydrogen) atoms. The van der Waals surface area contributed by atoms with Gasteiger partial charge in [0.05, 0.1) is 12.0 Å². The number of nitrogens with one attached hydrogen (secondary N) is 2. The van der Waals surface area contributed by atoms with E-state index in [0.717, 1.165) is 73.5 Å². The third-order valence-electron chi connectivity index (χ3n) is 16.5. The number of aliphatic hydroxyl groups is 1. The lowest BCUT2D eigenvalue weighted by atomic mass is 9.60. The normalized spacial score (nSPS) is 44.5. The van der Waals surface area contributed by atoms with Gasteiger partial charge in [-0.1, -0.05) is 64.2 Å². The van der Waals surface area contributed by atoms with Crippen molar-refractivity contribution in [2.24, 2.45) is 41.4 Å². The Bertz CT molecular complexity index is 1010. The molecule has 0 aromatic rings. The van der Waals surface area contributed by atoms with E-state index in [1.807, 2.05) is 0 Å². The second kappa shape index (κ2) is 15.9.